The number of esters is 1. The summed E-state index contributed by atoms with van der Waals surface area (Å²) in [6, 6.07) is 6.39. The van der Waals surface area contributed by atoms with Gasteiger partial charge in [-0.05, 0) is 25.1 Å². The van der Waals surface area contributed by atoms with Crippen molar-refractivity contribution >= 4 is 5.97 Å². The van der Waals surface area contributed by atoms with Crippen LogP contribution in [0.15, 0.2) is 36.1 Å². The van der Waals surface area contributed by atoms with Gasteiger partial charge in [-0.1, -0.05) is 12.1 Å². The Labute approximate surface area is 87.7 Å². The smallest absolute Gasteiger partial charge is 0.373 e. The molecule has 0 heterocycles. The molecule has 0 saturated heterocycles. The SMILES string of the molecule is C/C=C(/Oc1ccccc1O)C(=O)OC. The third-order valence-electron chi connectivity index (χ3n) is 1.73. The monoisotopic (exact) mass is 208 g/mol. The molecule has 0 radical (unpaired) electrons. The van der Waals surface area contributed by atoms with Crippen LogP contribution in [-0.2, 0) is 9.53 Å². The molecule has 1 aromatic rings. The van der Waals surface area contributed by atoms with E-state index in [1.165, 1.54) is 19.3 Å². The number of ether oxygens (including phenoxy) is 2. The molecule has 0 aromatic heterocycles. The van der Waals surface area contributed by atoms with E-state index in [0.29, 0.717) is 0 Å². The number of phenolic OH excluding ortho intramolecular Hbond substituents is 1. The van der Waals surface area contributed by atoms with Gasteiger partial charge in [-0.2, -0.15) is 0 Å². The van der Waals surface area contributed by atoms with E-state index in [0.717, 1.165) is 0 Å². The van der Waals surface area contributed by atoms with Gasteiger partial charge in [-0.3, -0.25) is 0 Å². The number of hydrogen-bond donors (Lipinski definition) is 1. The summed E-state index contributed by atoms with van der Waals surface area (Å²) in [5.41, 5.74) is 0. The molecule has 0 atom stereocenters. The van der Waals surface area contributed by atoms with Crippen LogP contribution in [0.3, 0.4) is 0 Å². The Balaban J connectivity index is 2.86. The minimum Gasteiger partial charge on any atom is -0.504 e. The largest absolute Gasteiger partial charge is 0.504 e. The third kappa shape index (κ3) is 2.74. The Morgan fingerprint density at radius 2 is 2.07 bits per heavy atom. The fourth-order valence-electron chi connectivity index (χ4n) is 0.981. The van der Waals surface area contributed by atoms with Crippen molar-refractivity contribution in [2.24, 2.45) is 0 Å². The van der Waals surface area contributed by atoms with Gasteiger partial charge in [0.15, 0.2) is 11.5 Å². The number of carbonyl (C=O) groups is 1. The number of hydrogen-bond acceptors (Lipinski definition) is 4. The zero-order valence-corrected chi connectivity index (χ0v) is 8.56. The van der Waals surface area contributed by atoms with Gasteiger partial charge in [-0.25, -0.2) is 4.79 Å². The highest BCUT2D eigenvalue weighted by molar-refractivity contribution is 5.86. The van der Waals surface area contributed by atoms with Crippen LogP contribution >= 0.6 is 0 Å². The zero-order valence-electron chi connectivity index (χ0n) is 8.56. The lowest BCUT2D eigenvalue weighted by Gasteiger charge is -2.08. The number of allylic oxidation sites excluding steroid dienone is 1. The molecule has 0 fully saturated rings. The van der Waals surface area contributed by atoms with E-state index in [4.69, 9.17) is 4.74 Å². The van der Waals surface area contributed by atoms with E-state index in [2.05, 4.69) is 4.74 Å². The van der Waals surface area contributed by atoms with Crippen LogP contribution in [0.25, 0.3) is 0 Å². The molecule has 1 N–H and O–H groups in total. The topological polar surface area (TPSA) is 55.8 Å². The molecular weight excluding hydrogens is 196 g/mol. The fourth-order valence-corrected chi connectivity index (χ4v) is 0.981. The highest BCUT2D eigenvalue weighted by Crippen LogP contribution is 2.26. The van der Waals surface area contributed by atoms with Gasteiger partial charge >= 0.3 is 5.97 Å². The van der Waals surface area contributed by atoms with Crippen LogP contribution in [-0.4, -0.2) is 18.2 Å². The molecule has 0 aliphatic carbocycles. The molecule has 15 heavy (non-hydrogen) atoms. The zero-order chi connectivity index (χ0) is 11.3. The molecule has 80 valence electrons. The molecule has 0 amide bonds. The second kappa shape index (κ2) is 5.05. The van der Waals surface area contributed by atoms with Crippen molar-refractivity contribution in [3.8, 4) is 11.5 Å². The lowest BCUT2D eigenvalue weighted by Crippen LogP contribution is -2.10. The minimum absolute atomic E-state index is 0.0271. The molecule has 0 unspecified atom stereocenters. The highest BCUT2D eigenvalue weighted by Gasteiger charge is 2.12. The van der Waals surface area contributed by atoms with Gasteiger partial charge in [-0.15, -0.1) is 0 Å². The van der Waals surface area contributed by atoms with Crippen LogP contribution in [0.5, 0.6) is 11.5 Å². The lowest BCUT2D eigenvalue weighted by atomic mass is 10.3. The molecule has 0 aliphatic rings. The van der Waals surface area contributed by atoms with E-state index < -0.39 is 5.97 Å². The van der Waals surface area contributed by atoms with Crippen molar-refractivity contribution in [3.05, 3.63) is 36.1 Å². The molecule has 4 heteroatoms. The molecule has 4 nitrogen and oxygen atoms in total. The second-order valence-electron chi connectivity index (χ2n) is 2.71. The first-order valence-electron chi connectivity index (χ1n) is 4.39. The maximum absolute atomic E-state index is 11.2. The van der Waals surface area contributed by atoms with Crippen molar-refractivity contribution in [2.45, 2.75) is 6.92 Å². The summed E-state index contributed by atoms with van der Waals surface area (Å²) in [6.45, 7) is 1.65. The van der Waals surface area contributed by atoms with Gasteiger partial charge in [0.25, 0.3) is 0 Å². The maximum atomic E-state index is 11.2. The normalized spacial score (nSPS) is 10.9. The number of para-hydroxylation sites is 2. The van der Waals surface area contributed by atoms with E-state index >= 15 is 0 Å². The van der Waals surface area contributed by atoms with E-state index in [9.17, 15) is 9.90 Å². The van der Waals surface area contributed by atoms with Crippen molar-refractivity contribution < 1.29 is 19.4 Å². The van der Waals surface area contributed by atoms with Gasteiger partial charge < -0.3 is 14.6 Å². The van der Waals surface area contributed by atoms with Gasteiger partial charge in [0, 0.05) is 0 Å². The summed E-state index contributed by atoms with van der Waals surface area (Å²) in [5.74, 6) is -0.350. The minimum atomic E-state index is -0.583. The number of rotatable bonds is 3. The molecule has 0 spiro atoms. The Bertz CT molecular complexity index is 382. The van der Waals surface area contributed by atoms with Crippen molar-refractivity contribution in [2.75, 3.05) is 7.11 Å². The van der Waals surface area contributed by atoms with Crippen LogP contribution in [0.1, 0.15) is 6.92 Å². The molecule has 1 aromatic carbocycles. The van der Waals surface area contributed by atoms with E-state index in [1.807, 2.05) is 0 Å². The summed E-state index contributed by atoms with van der Waals surface area (Å²) in [6.07, 6.45) is 1.47. The lowest BCUT2D eigenvalue weighted by molar-refractivity contribution is -0.138. The summed E-state index contributed by atoms with van der Waals surface area (Å²) >= 11 is 0. The van der Waals surface area contributed by atoms with E-state index in [-0.39, 0.29) is 17.3 Å². The third-order valence-corrected chi connectivity index (χ3v) is 1.73. The first kappa shape index (κ1) is 11.1. The standard InChI is InChI=1S/C11H12O4/c1-3-9(11(13)14-2)15-10-7-5-4-6-8(10)12/h3-7,12H,1-2H3/b9-3+. The van der Waals surface area contributed by atoms with Crippen LogP contribution in [0.2, 0.25) is 0 Å². The first-order valence-corrected chi connectivity index (χ1v) is 4.39. The Morgan fingerprint density at radius 1 is 1.40 bits per heavy atom. The molecule has 1 rings (SSSR count). The number of phenols is 1. The summed E-state index contributed by atoms with van der Waals surface area (Å²) in [7, 11) is 1.26. The first-order chi connectivity index (χ1) is 7.19. The summed E-state index contributed by atoms with van der Waals surface area (Å²) in [5, 5.41) is 9.41. The van der Waals surface area contributed by atoms with E-state index in [1.54, 1.807) is 25.1 Å². The van der Waals surface area contributed by atoms with Crippen LogP contribution < -0.4 is 4.74 Å². The number of carbonyl (C=O) groups excluding carboxylic acids is 1. The summed E-state index contributed by atoms with van der Waals surface area (Å²) in [4.78, 5) is 11.2. The Kier molecular flexibility index (Phi) is 3.74. The van der Waals surface area contributed by atoms with Gasteiger partial charge in [0.1, 0.15) is 0 Å². The van der Waals surface area contributed by atoms with Crippen LogP contribution in [0.4, 0.5) is 0 Å². The van der Waals surface area contributed by atoms with Crippen molar-refractivity contribution in [1.29, 1.82) is 0 Å². The Hall–Kier alpha value is -1.97. The van der Waals surface area contributed by atoms with Gasteiger partial charge in [0.05, 0.1) is 7.11 Å². The average molecular weight is 208 g/mol. The molecular formula is C11H12O4. The highest BCUT2D eigenvalue weighted by atomic mass is 16.6. The quantitative estimate of drug-likeness (QED) is 0.468. The number of benzene rings is 1. The molecule has 0 aliphatic heterocycles. The molecule has 0 saturated carbocycles. The predicted octanol–water partition coefficient (Wildman–Crippen LogP) is 1.85. The fraction of sp³-hybridized carbons (Fsp3) is 0.182. The van der Waals surface area contributed by atoms with Crippen molar-refractivity contribution in [3.63, 3.8) is 0 Å². The summed E-state index contributed by atoms with van der Waals surface area (Å²) < 4.78 is 9.69. The van der Waals surface area contributed by atoms with Crippen molar-refractivity contribution in [1.82, 2.24) is 0 Å². The maximum Gasteiger partial charge on any atom is 0.373 e. The predicted molar refractivity (Wildman–Crippen MR) is 54.5 cm³/mol. The number of aromatic hydroxyl groups is 1. The molecule has 0 bridgehead atoms. The second-order valence-corrected chi connectivity index (χ2v) is 2.71. The Morgan fingerprint density at radius 3 is 2.60 bits per heavy atom. The van der Waals surface area contributed by atoms with Crippen LogP contribution in [0, 0.1) is 0 Å². The number of methoxy groups -OCH3 is 1. The van der Waals surface area contributed by atoms with Gasteiger partial charge in [0.2, 0.25) is 5.76 Å². The average Bonchev–Trinajstić information content (AvgIpc) is 2.27.